The molecular weight excluding hydrogens is 394 g/mol. The lowest BCUT2D eigenvalue weighted by molar-refractivity contribution is -0.909. The number of morpholine rings is 1. The summed E-state index contributed by atoms with van der Waals surface area (Å²) in [4.78, 5) is 26.3. The lowest BCUT2D eigenvalue weighted by atomic mass is 10.1. The second-order valence-corrected chi connectivity index (χ2v) is 8.71. The molecule has 0 saturated carbocycles. The summed E-state index contributed by atoms with van der Waals surface area (Å²) in [5.41, 5.74) is 1.62. The highest BCUT2D eigenvalue weighted by molar-refractivity contribution is 5.95. The third-order valence-corrected chi connectivity index (χ3v) is 4.99. The number of rotatable bonds is 6. The molecule has 2 aromatic rings. The van der Waals surface area contributed by atoms with E-state index in [-0.39, 0.29) is 11.9 Å². The van der Waals surface area contributed by atoms with Gasteiger partial charge in [-0.05, 0) is 50.6 Å². The summed E-state index contributed by atoms with van der Waals surface area (Å²) in [6, 6.07) is 16.7. The van der Waals surface area contributed by atoms with Gasteiger partial charge in [0.15, 0.2) is 0 Å². The van der Waals surface area contributed by atoms with Gasteiger partial charge in [-0.3, -0.25) is 10.1 Å². The summed E-state index contributed by atoms with van der Waals surface area (Å²) in [5.74, 6) is -0.148. The maximum atomic E-state index is 12.9. The first-order chi connectivity index (χ1) is 14.8. The molecule has 0 aromatic heterocycles. The molecule has 0 radical (unpaired) electrons. The average Bonchev–Trinajstić information content (AvgIpc) is 2.74. The minimum absolute atomic E-state index is 0.0960. The van der Waals surface area contributed by atoms with E-state index in [2.05, 4.69) is 10.6 Å². The highest BCUT2D eigenvalue weighted by Gasteiger charge is 2.23. The van der Waals surface area contributed by atoms with Crippen molar-refractivity contribution in [2.75, 3.05) is 38.2 Å². The number of carbonyl (C=O) groups excluding carboxylic acids is 2. The van der Waals surface area contributed by atoms with Gasteiger partial charge in [-0.25, -0.2) is 4.79 Å². The van der Waals surface area contributed by atoms with Crippen LogP contribution < -0.4 is 15.5 Å². The van der Waals surface area contributed by atoms with Crippen LogP contribution in [0.2, 0.25) is 0 Å². The SMILES string of the molecule is CC(C)(C)OC(=O)Nc1ccc(C(=O)N[C@H](C[NH+]2CCOCC2)c2ccccc2)cc1. The van der Waals surface area contributed by atoms with Crippen LogP contribution in [0, 0.1) is 0 Å². The Balaban J connectivity index is 1.64. The molecule has 1 heterocycles. The molecular formula is C24H32N3O4+. The second-order valence-electron chi connectivity index (χ2n) is 8.71. The van der Waals surface area contributed by atoms with E-state index in [1.54, 1.807) is 24.3 Å². The van der Waals surface area contributed by atoms with Gasteiger partial charge in [0.25, 0.3) is 5.91 Å². The normalized spacial score (nSPS) is 15.7. The fourth-order valence-corrected chi connectivity index (χ4v) is 3.46. The van der Waals surface area contributed by atoms with E-state index in [4.69, 9.17) is 9.47 Å². The summed E-state index contributed by atoms with van der Waals surface area (Å²) in [5, 5.41) is 5.85. The number of hydrogen-bond acceptors (Lipinski definition) is 4. The zero-order valence-electron chi connectivity index (χ0n) is 18.4. The van der Waals surface area contributed by atoms with E-state index in [0.717, 1.165) is 38.4 Å². The van der Waals surface area contributed by atoms with Crippen LogP contribution in [0.1, 0.15) is 42.7 Å². The van der Waals surface area contributed by atoms with Gasteiger partial charge in [-0.2, -0.15) is 0 Å². The number of anilines is 1. The fourth-order valence-electron chi connectivity index (χ4n) is 3.46. The molecule has 1 saturated heterocycles. The van der Waals surface area contributed by atoms with E-state index in [9.17, 15) is 9.59 Å². The van der Waals surface area contributed by atoms with Gasteiger partial charge in [-0.15, -0.1) is 0 Å². The molecule has 3 N–H and O–H groups in total. The minimum Gasteiger partial charge on any atom is -0.444 e. The summed E-state index contributed by atoms with van der Waals surface area (Å²) in [6.45, 7) is 9.59. The van der Waals surface area contributed by atoms with Crippen molar-refractivity contribution in [3.63, 3.8) is 0 Å². The van der Waals surface area contributed by atoms with Crippen LogP contribution >= 0.6 is 0 Å². The molecule has 0 aliphatic carbocycles. The Hall–Kier alpha value is -2.90. The van der Waals surface area contributed by atoms with Crippen LogP contribution in [-0.4, -0.2) is 50.4 Å². The summed E-state index contributed by atoms with van der Waals surface area (Å²) < 4.78 is 10.7. The molecule has 31 heavy (non-hydrogen) atoms. The van der Waals surface area contributed by atoms with Crippen molar-refractivity contribution >= 4 is 17.7 Å². The third kappa shape index (κ3) is 7.38. The van der Waals surface area contributed by atoms with E-state index < -0.39 is 11.7 Å². The van der Waals surface area contributed by atoms with Gasteiger partial charge in [0.2, 0.25) is 0 Å². The van der Waals surface area contributed by atoms with Crippen molar-refractivity contribution in [1.29, 1.82) is 0 Å². The lowest BCUT2D eigenvalue weighted by Crippen LogP contribution is -3.14. The summed E-state index contributed by atoms with van der Waals surface area (Å²) in [6.07, 6.45) is -0.526. The van der Waals surface area contributed by atoms with E-state index in [1.807, 2.05) is 51.1 Å². The number of carbonyl (C=O) groups is 2. The Morgan fingerprint density at radius 3 is 2.29 bits per heavy atom. The largest absolute Gasteiger partial charge is 0.444 e. The Morgan fingerprint density at radius 2 is 1.68 bits per heavy atom. The van der Waals surface area contributed by atoms with Crippen LogP contribution in [0.15, 0.2) is 54.6 Å². The molecule has 0 bridgehead atoms. The first kappa shape index (κ1) is 22.8. The maximum absolute atomic E-state index is 12.9. The van der Waals surface area contributed by atoms with Gasteiger partial charge >= 0.3 is 6.09 Å². The first-order valence-electron chi connectivity index (χ1n) is 10.7. The number of amides is 2. The highest BCUT2D eigenvalue weighted by Crippen LogP contribution is 2.15. The molecule has 7 heteroatoms. The number of benzene rings is 2. The predicted octanol–water partition coefficient (Wildman–Crippen LogP) is 2.42. The highest BCUT2D eigenvalue weighted by atomic mass is 16.6. The van der Waals surface area contributed by atoms with E-state index in [1.165, 1.54) is 4.90 Å². The number of ether oxygens (including phenoxy) is 2. The van der Waals surface area contributed by atoms with Gasteiger partial charge in [-0.1, -0.05) is 30.3 Å². The van der Waals surface area contributed by atoms with Gasteiger partial charge < -0.3 is 19.7 Å². The van der Waals surface area contributed by atoms with Crippen LogP contribution in [0.3, 0.4) is 0 Å². The minimum atomic E-state index is -0.571. The van der Waals surface area contributed by atoms with Crippen LogP contribution in [-0.2, 0) is 9.47 Å². The quantitative estimate of drug-likeness (QED) is 0.663. The van der Waals surface area contributed by atoms with Crippen LogP contribution in [0.4, 0.5) is 10.5 Å². The topological polar surface area (TPSA) is 81.1 Å². The average molecular weight is 427 g/mol. The van der Waals surface area contributed by atoms with Crippen molar-refractivity contribution in [2.24, 2.45) is 0 Å². The monoisotopic (exact) mass is 426 g/mol. The van der Waals surface area contributed by atoms with Crippen molar-refractivity contribution in [3.05, 3.63) is 65.7 Å². The Labute approximate surface area is 183 Å². The third-order valence-electron chi connectivity index (χ3n) is 4.99. The molecule has 2 amide bonds. The Kier molecular flexibility index (Phi) is 7.65. The van der Waals surface area contributed by atoms with Crippen molar-refractivity contribution < 1.29 is 24.0 Å². The molecule has 1 fully saturated rings. The Morgan fingerprint density at radius 1 is 1.03 bits per heavy atom. The molecule has 3 rings (SSSR count). The van der Waals surface area contributed by atoms with Crippen molar-refractivity contribution in [1.82, 2.24) is 5.32 Å². The van der Waals surface area contributed by atoms with Gasteiger partial charge in [0, 0.05) is 11.3 Å². The van der Waals surface area contributed by atoms with E-state index >= 15 is 0 Å². The molecule has 2 aromatic carbocycles. The zero-order valence-corrected chi connectivity index (χ0v) is 18.4. The summed E-state index contributed by atoms with van der Waals surface area (Å²) in [7, 11) is 0. The number of hydrogen-bond donors (Lipinski definition) is 3. The van der Waals surface area contributed by atoms with Gasteiger partial charge in [0.1, 0.15) is 31.3 Å². The van der Waals surface area contributed by atoms with Crippen LogP contribution in [0.5, 0.6) is 0 Å². The number of quaternary nitrogens is 1. The molecule has 0 unspecified atom stereocenters. The fraction of sp³-hybridized carbons (Fsp3) is 0.417. The van der Waals surface area contributed by atoms with Gasteiger partial charge in [0.05, 0.1) is 13.2 Å². The molecule has 0 spiro atoms. The summed E-state index contributed by atoms with van der Waals surface area (Å²) >= 11 is 0. The van der Waals surface area contributed by atoms with Crippen molar-refractivity contribution in [3.8, 4) is 0 Å². The maximum Gasteiger partial charge on any atom is 0.412 e. The lowest BCUT2D eigenvalue weighted by Gasteiger charge is -2.28. The second kappa shape index (κ2) is 10.4. The first-order valence-corrected chi connectivity index (χ1v) is 10.7. The molecule has 7 nitrogen and oxygen atoms in total. The number of nitrogens with one attached hydrogen (secondary N) is 3. The predicted molar refractivity (Wildman–Crippen MR) is 119 cm³/mol. The zero-order chi connectivity index (χ0) is 22.3. The smallest absolute Gasteiger partial charge is 0.412 e. The molecule has 1 atom stereocenters. The molecule has 166 valence electrons. The van der Waals surface area contributed by atoms with Crippen molar-refractivity contribution in [2.45, 2.75) is 32.4 Å². The molecule has 1 aliphatic heterocycles. The molecule has 1 aliphatic rings. The van der Waals surface area contributed by atoms with E-state index in [0.29, 0.717) is 11.3 Å². The van der Waals surface area contributed by atoms with Crippen LogP contribution in [0.25, 0.3) is 0 Å². The standard InChI is InChI=1S/C24H31N3O4/c1-24(2,3)31-23(29)25-20-11-9-19(10-12-20)22(28)26-21(18-7-5-4-6-8-18)17-27-13-15-30-16-14-27/h4-12,21H,13-17H2,1-3H3,(H,25,29)(H,26,28)/p+1/t21-/m1/s1. The Bertz CT molecular complexity index is 857.